The van der Waals surface area contributed by atoms with Crippen LogP contribution in [0.15, 0.2) is 41.5 Å². The maximum absolute atomic E-state index is 13.1. The molecule has 0 aliphatic carbocycles. The van der Waals surface area contributed by atoms with E-state index < -0.39 is 0 Å². The molecule has 7 nitrogen and oxygen atoms in total. The molecule has 3 heterocycles. The first kappa shape index (κ1) is 20.8. The van der Waals surface area contributed by atoms with Crippen LogP contribution in [-0.4, -0.2) is 85.1 Å². The Morgan fingerprint density at radius 2 is 2.00 bits per heavy atom. The van der Waals surface area contributed by atoms with Crippen LogP contribution in [0.2, 0.25) is 0 Å². The van der Waals surface area contributed by atoms with E-state index >= 15 is 0 Å². The van der Waals surface area contributed by atoms with Gasteiger partial charge in [-0.15, -0.1) is 0 Å². The smallest absolute Gasteiger partial charge is 0.193 e. The molecule has 1 N–H and O–H groups in total. The van der Waals surface area contributed by atoms with E-state index in [-0.39, 0.29) is 5.82 Å². The number of rotatable bonds is 6. The lowest BCUT2D eigenvalue weighted by Gasteiger charge is -2.29. The third kappa shape index (κ3) is 5.37. The van der Waals surface area contributed by atoms with Crippen LogP contribution >= 0.6 is 0 Å². The van der Waals surface area contributed by atoms with Crippen LogP contribution in [-0.2, 0) is 11.2 Å². The fraction of sp³-hybridized carbons (Fsp3) is 0.545. The van der Waals surface area contributed by atoms with Crippen molar-refractivity contribution in [3.05, 3.63) is 48.0 Å². The molecule has 2 aromatic rings. The van der Waals surface area contributed by atoms with Crippen molar-refractivity contribution in [3.8, 4) is 5.69 Å². The molecule has 4 rings (SSSR count). The Kier molecular flexibility index (Phi) is 6.96. The molecule has 1 atom stereocenters. The number of morpholine rings is 1. The first-order valence-corrected chi connectivity index (χ1v) is 10.8. The van der Waals surface area contributed by atoms with Crippen LogP contribution in [0, 0.1) is 11.7 Å². The summed E-state index contributed by atoms with van der Waals surface area (Å²) in [6.45, 7) is 7.84. The van der Waals surface area contributed by atoms with Crippen LogP contribution in [0.5, 0.6) is 0 Å². The third-order valence-electron chi connectivity index (χ3n) is 5.82. The molecular weight excluding hydrogens is 383 g/mol. The highest BCUT2D eigenvalue weighted by molar-refractivity contribution is 5.80. The van der Waals surface area contributed by atoms with Gasteiger partial charge >= 0.3 is 0 Å². The van der Waals surface area contributed by atoms with E-state index in [1.807, 2.05) is 19.3 Å². The van der Waals surface area contributed by atoms with E-state index in [1.165, 1.54) is 18.6 Å². The van der Waals surface area contributed by atoms with E-state index in [0.717, 1.165) is 76.2 Å². The molecule has 8 heteroatoms. The molecule has 2 aliphatic heterocycles. The number of ether oxygens (including phenoxy) is 1. The summed E-state index contributed by atoms with van der Waals surface area (Å²) in [5, 5.41) is 8.08. The molecule has 0 saturated carbocycles. The van der Waals surface area contributed by atoms with Gasteiger partial charge in [-0.25, -0.2) is 9.07 Å². The first-order chi connectivity index (χ1) is 14.7. The summed E-state index contributed by atoms with van der Waals surface area (Å²) in [6, 6.07) is 8.36. The fourth-order valence-corrected chi connectivity index (χ4v) is 4.19. The molecule has 30 heavy (non-hydrogen) atoms. The minimum atomic E-state index is -0.240. The van der Waals surface area contributed by atoms with Gasteiger partial charge in [0.1, 0.15) is 5.82 Å². The molecule has 2 aliphatic rings. The van der Waals surface area contributed by atoms with Crippen molar-refractivity contribution >= 4 is 5.96 Å². The molecule has 2 fully saturated rings. The highest BCUT2D eigenvalue weighted by Gasteiger charge is 2.27. The van der Waals surface area contributed by atoms with Crippen LogP contribution in [0.25, 0.3) is 5.69 Å². The number of nitrogens with one attached hydrogen (secondary N) is 1. The largest absolute Gasteiger partial charge is 0.379 e. The van der Waals surface area contributed by atoms with Crippen molar-refractivity contribution in [2.45, 2.75) is 12.8 Å². The highest BCUT2D eigenvalue weighted by atomic mass is 19.1. The Hall–Kier alpha value is -2.45. The molecule has 1 aromatic heterocycles. The molecule has 1 unspecified atom stereocenters. The zero-order valence-electron chi connectivity index (χ0n) is 17.6. The predicted octanol–water partition coefficient (Wildman–Crippen LogP) is 1.78. The summed E-state index contributed by atoms with van der Waals surface area (Å²) in [5.41, 5.74) is 1.85. The minimum Gasteiger partial charge on any atom is -0.379 e. The molecule has 1 aromatic carbocycles. The Labute approximate surface area is 177 Å². The monoisotopic (exact) mass is 414 g/mol. The molecule has 0 radical (unpaired) electrons. The number of aromatic nitrogens is 2. The van der Waals surface area contributed by atoms with Crippen LogP contribution in [0.1, 0.15) is 12.1 Å². The average molecular weight is 415 g/mol. The van der Waals surface area contributed by atoms with Gasteiger partial charge in [0, 0.05) is 58.9 Å². The number of hydrogen-bond acceptors (Lipinski definition) is 4. The summed E-state index contributed by atoms with van der Waals surface area (Å²) < 4.78 is 20.3. The Morgan fingerprint density at radius 1 is 1.20 bits per heavy atom. The van der Waals surface area contributed by atoms with Gasteiger partial charge in [-0.2, -0.15) is 5.10 Å². The van der Waals surface area contributed by atoms with Crippen molar-refractivity contribution in [2.75, 3.05) is 59.5 Å². The van der Waals surface area contributed by atoms with Gasteiger partial charge in [-0.3, -0.25) is 9.89 Å². The number of hydrogen-bond donors (Lipinski definition) is 1. The van der Waals surface area contributed by atoms with E-state index in [2.05, 4.69) is 25.2 Å². The summed E-state index contributed by atoms with van der Waals surface area (Å²) >= 11 is 0. The molecule has 2 saturated heterocycles. The predicted molar refractivity (Wildman–Crippen MR) is 116 cm³/mol. The Bertz CT molecular complexity index is 830. The average Bonchev–Trinajstić information content (AvgIpc) is 3.42. The summed E-state index contributed by atoms with van der Waals surface area (Å²) in [7, 11) is 1.85. The number of guanidine groups is 1. The topological polar surface area (TPSA) is 57.9 Å². The van der Waals surface area contributed by atoms with Gasteiger partial charge in [0.2, 0.25) is 0 Å². The van der Waals surface area contributed by atoms with Crippen molar-refractivity contribution < 1.29 is 9.13 Å². The van der Waals surface area contributed by atoms with Crippen molar-refractivity contribution in [3.63, 3.8) is 0 Å². The standard InChI is InChI=1S/C22H31FN6O/c1-24-22(28-10-7-18(17-28)16-27-12-14-30-15-13-27)25-9-6-20-8-11-29(26-20)21-4-2-19(23)3-5-21/h2-5,8,11,18H,6-7,9-10,12-17H2,1H3,(H,24,25). The fourth-order valence-electron chi connectivity index (χ4n) is 4.19. The van der Waals surface area contributed by atoms with Crippen LogP contribution < -0.4 is 5.32 Å². The molecule has 0 bridgehead atoms. The number of likely N-dealkylation sites (tertiary alicyclic amines) is 1. The molecular formula is C22H31FN6O. The van der Waals surface area contributed by atoms with E-state index in [4.69, 9.17) is 4.74 Å². The number of benzene rings is 1. The first-order valence-electron chi connectivity index (χ1n) is 10.8. The Morgan fingerprint density at radius 3 is 2.77 bits per heavy atom. The van der Waals surface area contributed by atoms with E-state index in [0.29, 0.717) is 5.92 Å². The van der Waals surface area contributed by atoms with Gasteiger partial charge in [-0.05, 0) is 42.7 Å². The number of aliphatic imine (C=N–C) groups is 1. The quantitative estimate of drug-likeness (QED) is 0.577. The van der Waals surface area contributed by atoms with Crippen molar-refractivity contribution in [1.82, 2.24) is 24.9 Å². The van der Waals surface area contributed by atoms with Gasteiger partial charge in [0.05, 0.1) is 24.6 Å². The van der Waals surface area contributed by atoms with E-state index in [1.54, 1.807) is 16.8 Å². The van der Waals surface area contributed by atoms with Gasteiger partial charge < -0.3 is 15.0 Å². The number of halogens is 1. The lowest BCUT2D eigenvalue weighted by molar-refractivity contribution is 0.0315. The summed E-state index contributed by atoms with van der Waals surface area (Å²) in [4.78, 5) is 9.36. The lowest BCUT2D eigenvalue weighted by atomic mass is 10.1. The SMILES string of the molecule is CN=C(NCCc1ccn(-c2ccc(F)cc2)n1)N1CCC(CN2CCOCC2)C1. The van der Waals surface area contributed by atoms with Crippen LogP contribution in [0.3, 0.4) is 0 Å². The third-order valence-corrected chi connectivity index (χ3v) is 5.82. The zero-order chi connectivity index (χ0) is 20.8. The van der Waals surface area contributed by atoms with E-state index in [9.17, 15) is 4.39 Å². The summed E-state index contributed by atoms with van der Waals surface area (Å²) in [5.74, 6) is 1.42. The maximum atomic E-state index is 13.1. The number of nitrogens with zero attached hydrogens (tertiary/aromatic N) is 5. The minimum absolute atomic E-state index is 0.240. The molecule has 0 spiro atoms. The second-order valence-corrected chi connectivity index (χ2v) is 7.97. The zero-order valence-corrected chi connectivity index (χ0v) is 17.6. The molecule has 162 valence electrons. The van der Waals surface area contributed by atoms with Gasteiger partial charge in [-0.1, -0.05) is 0 Å². The van der Waals surface area contributed by atoms with Crippen LogP contribution in [0.4, 0.5) is 4.39 Å². The molecule has 0 amide bonds. The highest BCUT2D eigenvalue weighted by Crippen LogP contribution is 2.18. The van der Waals surface area contributed by atoms with Crippen molar-refractivity contribution in [1.29, 1.82) is 0 Å². The second kappa shape index (κ2) is 10.0. The Balaban J connectivity index is 1.23. The second-order valence-electron chi connectivity index (χ2n) is 7.97. The van der Waals surface area contributed by atoms with Gasteiger partial charge in [0.15, 0.2) is 5.96 Å². The summed E-state index contributed by atoms with van der Waals surface area (Å²) in [6.07, 6.45) is 3.92. The maximum Gasteiger partial charge on any atom is 0.193 e. The normalized spacial score (nSPS) is 20.7. The van der Waals surface area contributed by atoms with Gasteiger partial charge in [0.25, 0.3) is 0 Å². The lowest BCUT2D eigenvalue weighted by Crippen LogP contribution is -2.42. The van der Waals surface area contributed by atoms with Crippen molar-refractivity contribution in [2.24, 2.45) is 10.9 Å².